The Bertz CT molecular complexity index is 2620. The topological polar surface area (TPSA) is 494 Å². The molecule has 1 aromatic carbocycles. The second kappa shape index (κ2) is 30.6. The van der Waals surface area contributed by atoms with Crippen molar-refractivity contribution in [1.29, 1.82) is 0 Å². The van der Waals surface area contributed by atoms with E-state index in [-0.39, 0.29) is 56.1 Å². The lowest BCUT2D eigenvalue weighted by Crippen LogP contribution is -2.62. The maximum Gasteiger partial charge on any atom is 0.327 e. The number of carbonyl (C=O) groups is 9. The highest BCUT2D eigenvalue weighted by Gasteiger charge is 2.35. The number of carboxylic acids is 1. The van der Waals surface area contributed by atoms with Gasteiger partial charge in [0.25, 0.3) is 0 Å². The number of amides is 8. The number of carboxylic acid groups (broad SMARTS) is 1. The molecule has 0 unspecified atom stereocenters. The van der Waals surface area contributed by atoms with Gasteiger partial charge in [-0.25, -0.2) is 14.8 Å². The number of aliphatic hydroxyl groups is 3. The van der Waals surface area contributed by atoms with Gasteiger partial charge in [-0.2, -0.15) is 25.3 Å². The molecule has 4 aromatic rings. The molecular formula is C44H63N17O13S2. The molecule has 21 N–H and O–H groups in total. The number of guanidine groups is 1. The second-order valence-electron chi connectivity index (χ2n) is 16.9. The number of carbonyl (C=O) groups excluding carboxylic acids is 8. The quantitative estimate of drug-likeness (QED) is 0.00935. The molecule has 0 bridgehead atoms. The first kappa shape index (κ1) is 60.8. The number of hydrogen-bond acceptors (Lipinski definition) is 18. The Morgan fingerprint density at radius 1 is 0.566 bits per heavy atom. The van der Waals surface area contributed by atoms with Gasteiger partial charge in [0, 0.05) is 78.2 Å². The first-order valence-electron chi connectivity index (χ1n) is 23.3. The summed E-state index contributed by atoms with van der Waals surface area (Å²) in [6.07, 6.45) is 6.06. The zero-order chi connectivity index (χ0) is 55.9. The van der Waals surface area contributed by atoms with E-state index in [4.69, 9.17) is 17.2 Å². The van der Waals surface area contributed by atoms with E-state index in [0.717, 1.165) is 0 Å². The second-order valence-corrected chi connectivity index (χ2v) is 17.7. The highest BCUT2D eigenvalue weighted by atomic mass is 32.1. The molecule has 414 valence electrons. The molecule has 0 saturated carbocycles. The summed E-state index contributed by atoms with van der Waals surface area (Å²) in [6, 6.07) is -6.93. The smallest absolute Gasteiger partial charge is 0.327 e. The van der Waals surface area contributed by atoms with Crippen molar-refractivity contribution in [3.63, 3.8) is 0 Å². The summed E-state index contributed by atoms with van der Waals surface area (Å²) >= 11 is 7.92. The maximum absolute atomic E-state index is 14.3. The van der Waals surface area contributed by atoms with E-state index in [1.807, 2.05) is 0 Å². The molecule has 0 aliphatic rings. The van der Waals surface area contributed by atoms with Gasteiger partial charge in [-0.15, -0.1) is 0 Å². The van der Waals surface area contributed by atoms with Gasteiger partial charge in [-0.3, -0.25) is 43.3 Å². The normalized spacial score (nSPS) is 14.7. The highest BCUT2D eigenvalue weighted by Crippen LogP contribution is 2.19. The average Bonchev–Trinajstić information content (AvgIpc) is 4.21. The Morgan fingerprint density at radius 2 is 0.987 bits per heavy atom. The maximum atomic E-state index is 14.3. The fourth-order valence-electron chi connectivity index (χ4n) is 7.19. The van der Waals surface area contributed by atoms with Crippen LogP contribution in [0.3, 0.4) is 0 Å². The standard InChI is InChI=1S/C44H63N17O13S2/c45-25(17-75)35(65)54-27(6-3-7-50-44(46)47)36(66)58-31(14-62)41(71)57-29(9-22-12-48-19-52-22)38(68)56-30(10-23-13-49-20-53-23)39(69)60-32(15-63)40(70)55-28(8-21-11-51-26-5-2-1-4-24(21)26)37(67)59-33(16-64)42(72)61-34(18-76)43(73)74/h1-2,4-5,11-13,19-20,25,27-34,51,62-64,75-76H,3,6-10,14-18,45H2,(H,48,52)(H,49,53)(H,54,65)(H,55,70)(H,56,68)(H,57,71)(H,58,66)(H,59,67)(H,60,69)(H,61,72)(H,73,74)(H4,46,47,50)/t25-,27-,28-,29-,30-,31-,32-,33-,34-/m0/s1. The van der Waals surface area contributed by atoms with Crippen LogP contribution < -0.4 is 59.7 Å². The minimum Gasteiger partial charge on any atom is -0.480 e. The summed E-state index contributed by atoms with van der Waals surface area (Å²) in [5, 5.41) is 60.0. The third-order valence-electron chi connectivity index (χ3n) is 11.3. The van der Waals surface area contributed by atoms with E-state index in [1.54, 1.807) is 30.5 Å². The lowest BCUT2D eigenvalue weighted by atomic mass is 10.0. The number of aliphatic hydroxyl groups excluding tert-OH is 3. The molecule has 0 radical (unpaired) electrons. The van der Waals surface area contributed by atoms with Gasteiger partial charge in [0.05, 0.1) is 38.5 Å². The Balaban J connectivity index is 1.57. The van der Waals surface area contributed by atoms with E-state index in [9.17, 15) is 63.6 Å². The summed E-state index contributed by atoms with van der Waals surface area (Å²) in [4.78, 5) is 141. The lowest BCUT2D eigenvalue weighted by molar-refractivity contribution is -0.142. The molecule has 8 amide bonds. The van der Waals surface area contributed by atoms with Gasteiger partial charge in [-0.05, 0) is 24.5 Å². The molecular weight excluding hydrogens is 1040 g/mol. The van der Waals surface area contributed by atoms with Crippen LogP contribution in [-0.2, 0) is 62.4 Å². The number of nitrogens with one attached hydrogen (secondary N) is 11. The highest BCUT2D eigenvalue weighted by molar-refractivity contribution is 7.80. The molecule has 0 spiro atoms. The van der Waals surface area contributed by atoms with Crippen molar-refractivity contribution >= 4 is 95.3 Å². The number of thiol groups is 2. The number of aromatic nitrogens is 5. The largest absolute Gasteiger partial charge is 0.480 e. The van der Waals surface area contributed by atoms with Crippen LogP contribution in [0.25, 0.3) is 10.9 Å². The van der Waals surface area contributed by atoms with E-state index in [0.29, 0.717) is 27.9 Å². The number of H-pyrrole nitrogens is 3. The molecule has 0 aliphatic carbocycles. The number of imidazole rings is 2. The Morgan fingerprint density at radius 3 is 1.41 bits per heavy atom. The predicted molar refractivity (Wildman–Crippen MR) is 277 cm³/mol. The fraction of sp³-hybridized carbons (Fsp3) is 0.455. The summed E-state index contributed by atoms with van der Waals surface area (Å²) in [5.74, 6) is -10.1. The molecule has 32 heteroatoms. The first-order valence-corrected chi connectivity index (χ1v) is 24.6. The number of nitrogens with zero attached hydrogens (tertiary/aromatic N) is 3. The van der Waals surface area contributed by atoms with Crippen molar-refractivity contribution in [1.82, 2.24) is 67.5 Å². The Kier molecular flexibility index (Phi) is 24.4. The zero-order valence-electron chi connectivity index (χ0n) is 40.6. The van der Waals surface area contributed by atoms with Crippen LogP contribution in [0.1, 0.15) is 29.8 Å². The molecule has 0 aliphatic heterocycles. The molecule has 9 atom stereocenters. The van der Waals surface area contributed by atoms with Crippen LogP contribution in [0.15, 0.2) is 60.5 Å². The van der Waals surface area contributed by atoms with E-state index in [2.05, 4.69) is 97.7 Å². The Hall–Kier alpha value is -7.78. The summed E-state index contributed by atoms with van der Waals surface area (Å²) in [5.41, 5.74) is 18.3. The summed E-state index contributed by atoms with van der Waals surface area (Å²) in [7, 11) is 0. The molecule has 0 fully saturated rings. The number of hydrogen-bond donors (Lipinski definition) is 20. The van der Waals surface area contributed by atoms with Gasteiger partial charge < -0.3 is 95.1 Å². The van der Waals surface area contributed by atoms with Crippen molar-refractivity contribution in [2.75, 3.05) is 37.9 Å². The minimum absolute atomic E-state index is 0.0436. The number of rotatable bonds is 32. The van der Waals surface area contributed by atoms with Crippen LogP contribution in [-0.4, -0.2) is 197 Å². The van der Waals surface area contributed by atoms with Gasteiger partial charge in [-0.1, -0.05) is 18.2 Å². The van der Waals surface area contributed by atoms with Crippen LogP contribution in [0.2, 0.25) is 0 Å². The van der Waals surface area contributed by atoms with Gasteiger partial charge in [0.1, 0.15) is 48.3 Å². The summed E-state index contributed by atoms with van der Waals surface area (Å²) < 4.78 is 0. The number of para-hydroxylation sites is 1. The SMILES string of the molecule is NC(N)=NCCC[C@H](NC(=O)[C@@H](N)CS)C(=O)N[C@@H](CO)C(=O)N[C@@H](Cc1cnc[nH]1)C(=O)N[C@@H](Cc1cnc[nH]1)C(=O)N[C@@H](CO)C(=O)N[C@@H](Cc1c[nH]c2ccccc12)C(=O)N[C@@H](CO)C(=O)N[C@@H](CS)C(=O)O. The Labute approximate surface area is 443 Å². The van der Waals surface area contributed by atoms with Crippen molar-refractivity contribution in [2.24, 2.45) is 22.2 Å². The van der Waals surface area contributed by atoms with Gasteiger partial charge >= 0.3 is 5.97 Å². The van der Waals surface area contributed by atoms with Crippen LogP contribution in [0.4, 0.5) is 0 Å². The fourth-order valence-corrected chi connectivity index (χ4v) is 7.60. The van der Waals surface area contributed by atoms with Crippen molar-refractivity contribution in [3.05, 3.63) is 72.5 Å². The zero-order valence-corrected chi connectivity index (χ0v) is 42.4. The molecule has 3 heterocycles. The number of aliphatic carboxylic acids is 1. The minimum atomic E-state index is -1.82. The molecule has 3 aromatic heterocycles. The average molecular weight is 1100 g/mol. The van der Waals surface area contributed by atoms with Gasteiger partial charge in [0.2, 0.25) is 47.3 Å². The van der Waals surface area contributed by atoms with Crippen molar-refractivity contribution < 1.29 is 63.6 Å². The third-order valence-corrected chi connectivity index (χ3v) is 12.1. The first-order chi connectivity index (χ1) is 36.3. The molecule has 76 heavy (non-hydrogen) atoms. The van der Waals surface area contributed by atoms with E-state index in [1.165, 1.54) is 25.0 Å². The molecule has 0 saturated heterocycles. The van der Waals surface area contributed by atoms with Crippen LogP contribution in [0, 0.1) is 0 Å². The number of aliphatic imine (C=N–C) groups is 1. The molecule has 30 nitrogen and oxygen atoms in total. The van der Waals surface area contributed by atoms with Crippen molar-refractivity contribution in [2.45, 2.75) is 86.5 Å². The lowest BCUT2D eigenvalue weighted by Gasteiger charge is -2.27. The number of benzene rings is 1. The molecule has 4 rings (SSSR count). The monoisotopic (exact) mass is 1100 g/mol. The third kappa shape index (κ3) is 18.6. The van der Waals surface area contributed by atoms with Crippen LogP contribution in [0.5, 0.6) is 0 Å². The van der Waals surface area contributed by atoms with Crippen molar-refractivity contribution in [3.8, 4) is 0 Å². The van der Waals surface area contributed by atoms with E-state index >= 15 is 0 Å². The number of nitrogens with two attached hydrogens (primary N) is 3. The summed E-state index contributed by atoms with van der Waals surface area (Å²) in [6.45, 7) is -2.99. The predicted octanol–water partition coefficient (Wildman–Crippen LogP) is -7.18. The number of aromatic amines is 3. The van der Waals surface area contributed by atoms with E-state index < -0.39 is 127 Å². The number of fused-ring (bicyclic) bond motifs is 1. The van der Waals surface area contributed by atoms with Crippen LogP contribution >= 0.6 is 25.3 Å². The van der Waals surface area contributed by atoms with Gasteiger partial charge in [0.15, 0.2) is 5.96 Å².